The van der Waals surface area contributed by atoms with Crippen molar-refractivity contribution in [2.75, 3.05) is 11.9 Å². The van der Waals surface area contributed by atoms with Gasteiger partial charge in [0.15, 0.2) is 11.5 Å². The van der Waals surface area contributed by atoms with Crippen LogP contribution < -0.4 is 5.32 Å². The Morgan fingerprint density at radius 1 is 1.41 bits per heavy atom. The molecule has 3 rings (SSSR count). The van der Waals surface area contributed by atoms with Gasteiger partial charge in [-0.1, -0.05) is 35.1 Å². The van der Waals surface area contributed by atoms with Gasteiger partial charge in [0.2, 0.25) is 0 Å². The van der Waals surface area contributed by atoms with Crippen molar-refractivity contribution in [3.05, 3.63) is 40.4 Å². The zero-order valence-electron chi connectivity index (χ0n) is 14.9. The first-order chi connectivity index (χ1) is 12.6. The highest BCUT2D eigenvalue weighted by Gasteiger charge is 2.65. The minimum Gasteiger partial charge on any atom is -0.362 e. The van der Waals surface area contributed by atoms with Crippen LogP contribution in [0.15, 0.2) is 29.8 Å². The maximum Gasteiger partial charge on any atom is 0.412 e. The Bertz CT molecular complexity index is 845. The van der Waals surface area contributed by atoms with E-state index in [-0.39, 0.29) is 28.8 Å². The molecule has 0 saturated heterocycles. The van der Waals surface area contributed by atoms with Crippen molar-refractivity contribution in [1.82, 2.24) is 0 Å². The summed E-state index contributed by atoms with van der Waals surface area (Å²) in [5, 5.41) is 2.63. The van der Waals surface area contributed by atoms with Crippen molar-refractivity contribution in [2.45, 2.75) is 44.4 Å². The van der Waals surface area contributed by atoms with Crippen LogP contribution in [0.1, 0.15) is 32.3 Å². The number of hydrogen-bond donors (Lipinski definition) is 1. The number of fused-ring (bicyclic) bond motifs is 1. The van der Waals surface area contributed by atoms with Crippen LogP contribution in [0.2, 0.25) is 5.02 Å². The number of benzene rings is 1. The highest BCUT2D eigenvalue weighted by Crippen LogP contribution is 2.50. The third kappa shape index (κ3) is 3.85. The fourth-order valence-electron chi connectivity index (χ4n) is 2.95. The van der Waals surface area contributed by atoms with Gasteiger partial charge in [-0.15, -0.1) is 0 Å². The van der Waals surface area contributed by atoms with E-state index in [2.05, 4.69) is 17.2 Å². The monoisotopic (exact) mass is 397 g/mol. The van der Waals surface area contributed by atoms with Gasteiger partial charge in [-0.2, -0.15) is 13.2 Å². The van der Waals surface area contributed by atoms with Gasteiger partial charge in [0.25, 0.3) is 5.91 Å². The van der Waals surface area contributed by atoms with Crippen molar-refractivity contribution in [3.8, 4) is 11.8 Å². The smallest absolute Gasteiger partial charge is 0.362 e. The number of hydrogen-bond acceptors (Lipinski definition) is 2. The molecule has 1 aliphatic carbocycles. The van der Waals surface area contributed by atoms with E-state index in [1.54, 1.807) is 19.9 Å². The predicted molar refractivity (Wildman–Crippen MR) is 97.5 cm³/mol. The summed E-state index contributed by atoms with van der Waals surface area (Å²) in [4.78, 5) is 12.6. The average Bonchev–Trinajstić information content (AvgIpc) is 3.37. The van der Waals surface area contributed by atoms with E-state index >= 15 is 0 Å². The van der Waals surface area contributed by atoms with E-state index in [1.165, 1.54) is 18.2 Å². The number of anilines is 1. The molecule has 0 unspecified atom stereocenters. The van der Waals surface area contributed by atoms with E-state index in [1.807, 2.05) is 0 Å². The Labute approximate surface area is 160 Å². The first-order valence-electron chi connectivity index (χ1n) is 8.60. The molecule has 27 heavy (non-hydrogen) atoms. The number of rotatable bonds is 3. The molecule has 1 heterocycles. The molecule has 1 amide bonds. The lowest BCUT2D eigenvalue weighted by molar-refractivity contribution is -0.205. The minimum absolute atomic E-state index is 0.0499. The standard InChI is InChI=1S/C20H19ClF3NO2/c1-12(2)8-10-27-17-18(26)25-16-6-5-14(21)11-15(16)19(17,20(22,23)24)9-7-13-3-4-13/h5-6,8,11,13,17H,3-4,10H2,1-2H3,(H,25,26)/t17-,19+/m0/s1. The van der Waals surface area contributed by atoms with E-state index in [9.17, 15) is 18.0 Å². The van der Waals surface area contributed by atoms with Crippen molar-refractivity contribution >= 4 is 23.2 Å². The summed E-state index contributed by atoms with van der Waals surface area (Å²) in [7, 11) is 0. The number of carbonyl (C=O) groups is 1. The number of carbonyl (C=O) groups excluding carboxylic acids is 1. The van der Waals surface area contributed by atoms with Gasteiger partial charge in [0, 0.05) is 22.2 Å². The summed E-state index contributed by atoms with van der Waals surface area (Å²) < 4.78 is 48.8. The van der Waals surface area contributed by atoms with Crippen molar-refractivity contribution in [2.24, 2.45) is 5.92 Å². The molecular weight excluding hydrogens is 379 g/mol. The predicted octanol–water partition coefficient (Wildman–Crippen LogP) is 4.86. The zero-order valence-corrected chi connectivity index (χ0v) is 15.7. The van der Waals surface area contributed by atoms with E-state index in [0.29, 0.717) is 0 Å². The lowest BCUT2D eigenvalue weighted by atomic mass is 9.71. The lowest BCUT2D eigenvalue weighted by Crippen LogP contribution is -2.59. The van der Waals surface area contributed by atoms with E-state index in [4.69, 9.17) is 16.3 Å². The molecule has 7 heteroatoms. The third-order valence-corrected chi connectivity index (χ3v) is 4.78. The molecule has 0 aromatic heterocycles. The Kier molecular flexibility index (Phi) is 5.29. The third-order valence-electron chi connectivity index (χ3n) is 4.55. The van der Waals surface area contributed by atoms with Crippen LogP contribution in [0.3, 0.4) is 0 Å². The van der Waals surface area contributed by atoms with Crippen LogP contribution in [0.25, 0.3) is 0 Å². The molecule has 0 spiro atoms. The Balaban J connectivity index is 2.19. The van der Waals surface area contributed by atoms with Crippen molar-refractivity contribution in [1.29, 1.82) is 0 Å². The first kappa shape index (κ1) is 19.8. The molecule has 1 aliphatic heterocycles. The molecule has 1 saturated carbocycles. The first-order valence-corrected chi connectivity index (χ1v) is 8.98. The summed E-state index contributed by atoms with van der Waals surface area (Å²) in [5.41, 5.74) is -2.03. The fourth-order valence-corrected chi connectivity index (χ4v) is 3.12. The highest BCUT2D eigenvalue weighted by atomic mass is 35.5. The highest BCUT2D eigenvalue weighted by molar-refractivity contribution is 6.30. The molecule has 2 atom stereocenters. The maximum absolute atomic E-state index is 14.5. The normalized spacial score (nSPS) is 24.4. The number of alkyl halides is 3. The number of nitrogens with one attached hydrogen (secondary N) is 1. The molecule has 1 N–H and O–H groups in total. The molecule has 1 fully saturated rings. The molecule has 2 aliphatic rings. The van der Waals surface area contributed by atoms with Gasteiger partial charge < -0.3 is 10.1 Å². The van der Waals surface area contributed by atoms with Gasteiger partial charge in [0.05, 0.1) is 6.61 Å². The Hall–Kier alpha value is -1.97. The second kappa shape index (κ2) is 7.21. The number of halogens is 4. The maximum atomic E-state index is 14.5. The van der Waals surface area contributed by atoms with Crippen LogP contribution in [0.5, 0.6) is 0 Å². The Morgan fingerprint density at radius 2 is 2.11 bits per heavy atom. The van der Waals surface area contributed by atoms with Crippen LogP contribution >= 0.6 is 11.6 Å². The number of allylic oxidation sites excluding steroid dienone is 1. The lowest BCUT2D eigenvalue weighted by Gasteiger charge is -2.41. The number of ether oxygens (including phenoxy) is 1. The molecule has 1 aromatic rings. The molecule has 1 aromatic carbocycles. The average molecular weight is 398 g/mol. The second-order valence-electron chi connectivity index (χ2n) is 7.02. The summed E-state index contributed by atoms with van der Waals surface area (Å²) in [6.07, 6.45) is -3.51. The SMILES string of the molecule is CC(C)=CCO[C@H]1C(=O)Nc2ccc(Cl)cc2[C@@]1(C#CC1CC1)C(F)(F)F. The summed E-state index contributed by atoms with van der Waals surface area (Å²) >= 11 is 5.98. The molecular formula is C20H19ClF3NO2. The largest absolute Gasteiger partial charge is 0.412 e. The molecule has 144 valence electrons. The van der Waals surface area contributed by atoms with E-state index < -0.39 is 23.6 Å². The summed E-state index contributed by atoms with van der Waals surface area (Å²) in [5.74, 6) is 4.15. The van der Waals surface area contributed by atoms with Crippen LogP contribution in [-0.2, 0) is 14.9 Å². The van der Waals surface area contributed by atoms with Crippen LogP contribution in [-0.4, -0.2) is 24.8 Å². The van der Waals surface area contributed by atoms with Crippen molar-refractivity contribution < 1.29 is 22.7 Å². The van der Waals surface area contributed by atoms with Crippen LogP contribution in [0, 0.1) is 17.8 Å². The molecule has 0 bridgehead atoms. The summed E-state index contributed by atoms with van der Waals surface area (Å²) in [6.45, 7) is 3.46. The van der Waals surface area contributed by atoms with Gasteiger partial charge in [0.1, 0.15) is 0 Å². The van der Waals surface area contributed by atoms with Gasteiger partial charge in [-0.05, 0) is 44.9 Å². The second-order valence-corrected chi connectivity index (χ2v) is 7.46. The molecule has 0 radical (unpaired) electrons. The Morgan fingerprint density at radius 3 is 2.70 bits per heavy atom. The summed E-state index contributed by atoms with van der Waals surface area (Å²) in [6, 6.07) is 4.00. The topological polar surface area (TPSA) is 38.3 Å². The fraction of sp³-hybridized carbons (Fsp3) is 0.450. The van der Waals surface area contributed by atoms with Gasteiger partial charge >= 0.3 is 6.18 Å². The number of amides is 1. The van der Waals surface area contributed by atoms with Crippen LogP contribution in [0.4, 0.5) is 18.9 Å². The van der Waals surface area contributed by atoms with Crippen molar-refractivity contribution in [3.63, 3.8) is 0 Å². The minimum atomic E-state index is -4.83. The molecule has 3 nitrogen and oxygen atoms in total. The quantitative estimate of drug-likeness (QED) is 0.584. The van der Waals surface area contributed by atoms with Gasteiger partial charge in [-0.3, -0.25) is 4.79 Å². The van der Waals surface area contributed by atoms with Gasteiger partial charge in [-0.25, -0.2) is 0 Å². The zero-order chi connectivity index (χ0) is 19.8. The van der Waals surface area contributed by atoms with E-state index in [0.717, 1.165) is 18.4 Å².